The van der Waals surface area contributed by atoms with Gasteiger partial charge in [-0.1, -0.05) is 39.7 Å². The summed E-state index contributed by atoms with van der Waals surface area (Å²) in [4.78, 5) is 36.9. The van der Waals surface area contributed by atoms with Gasteiger partial charge in [-0.2, -0.15) is 0 Å². The van der Waals surface area contributed by atoms with Gasteiger partial charge in [0.1, 0.15) is 5.69 Å². The van der Waals surface area contributed by atoms with E-state index in [9.17, 15) is 14.4 Å². The molecule has 0 saturated carbocycles. The van der Waals surface area contributed by atoms with Crippen molar-refractivity contribution < 1.29 is 14.4 Å². The Morgan fingerprint density at radius 3 is 2.54 bits per heavy atom. The molecule has 3 N–H and O–H groups in total. The molecule has 2 aromatic carbocycles. The summed E-state index contributed by atoms with van der Waals surface area (Å²) in [6.07, 6.45) is 0. The number of nitrogens with zero attached hydrogens (tertiary/aromatic N) is 1. The van der Waals surface area contributed by atoms with E-state index in [0.717, 1.165) is 4.47 Å². The fourth-order valence-electron chi connectivity index (χ4n) is 2.62. The first-order valence-corrected chi connectivity index (χ1v) is 9.54. The number of halogens is 2. The topological polar surface area (TPSA) is 92.2 Å². The average molecular weight is 464 g/mol. The minimum atomic E-state index is -0.880. The number of rotatable bonds is 4. The van der Waals surface area contributed by atoms with Crippen LogP contribution in [0.3, 0.4) is 0 Å². The molecule has 0 fully saturated rings. The molecule has 0 spiro atoms. The predicted octanol–water partition coefficient (Wildman–Crippen LogP) is 3.52. The monoisotopic (exact) mass is 462 g/mol. The van der Waals surface area contributed by atoms with Crippen LogP contribution in [0, 0.1) is 0 Å². The van der Waals surface area contributed by atoms with E-state index >= 15 is 0 Å². The van der Waals surface area contributed by atoms with Crippen molar-refractivity contribution in [2.45, 2.75) is 6.92 Å². The van der Waals surface area contributed by atoms with Crippen LogP contribution in [0.4, 0.5) is 5.69 Å². The molecular weight excluding hydrogens is 448 g/mol. The van der Waals surface area contributed by atoms with Crippen molar-refractivity contribution >= 4 is 61.8 Å². The lowest BCUT2D eigenvalue weighted by atomic mass is 10.2. The smallest absolute Gasteiger partial charge is 0.328 e. The van der Waals surface area contributed by atoms with E-state index in [0.29, 0.717) is 28.2 Å². The number of aromatic nitrogens is 1. The molecule has 0 saturated heterocycles. The molecule has 7 nitrogen and oxygen atoms in total. The highest BCUT2D eigenvalue weighted by Crippen LogP contribution is 2.25. The van der Waals surface area contributed by atoms with E-state index in [2.05, 4.69) is 32.0 Å². The number of carbonyl (C=O) groups excluding carboxylic acids is 3. The van der Waals surface area contributed by atoms with Gasteiger partial charge in [0.25, 0.3) is 5.91 Å². The van der Waals surface area contributed by atoms with Crippen LogP contribution in [0.15, 0.2) is 53.0 Å². The van der Waals surface area contributed by atoms with Crippen LogP contribution in [-0.4, -0.2) is 28.9 Å². The molecule has 0 aliphatic rings. The van der Waals surface area contributed by atoms with Crippen molar-refractivity contribution in [3.8, 4) is 0 Å². The van der Waals surface area contributed by atoms with E-state index in [1.165, 1.54) is 4.68 Å². The number of benzene rings is 2. The zero-order valence-electron chi connectivity index (χ0n) is 14.8. The van der Waals surface area contributed by atoms with Crippen molar-refractivity contribution in [3.63, 3.8) is 0 Å². The number of hydrogen-bond acceptors (Lipinski definition) is 3. The third-order valence-corrected chi connectivity index (χ3v) is 4.70. The van der Waals surface area contributed by atoms with Gasteiger partial charge in [-0.3, -0.25) is 19.8 Å². The van der Waals surface area contributed by atoms with Gasteiger partial charge in [-0.15, -0.1) is 0 Å². The van der Waals surface area contributed by atoms with E-state index in [-0.39, 0.29) is 5.69 Å². The number of fused-ring (bicyclic) bond motifs is 1. The largest absolute Gasteiger partial charge is 0.348 e. The fraction of sp³-hybridized carbons (Fsp3) is 0.105. The number of likely N-dealkylation sites (N-methyl/N-ethyl adjacent to an activating group) is 1. The number of para-hydroxylation sites is 1. The Labute approximate surface area is 174 Å². The van der Waals surface area contributed by atoms with Gasteiger partial charge < -0.3 is 10.6 Å². The van der Waals surface area contributed by atoms with E-state index in [1.54, 1.807) is 55.5 Å². The van der Waals surface area contributed by atoms with Gasteiger partial charge in [0.05, 0.1) is 16.2 Å². The summed E-state index contributed by atoms with van der Waals surface area (Å²) in [6, 6.07) is 13.7. The van der Waals surface area contributed by atoms with Gasteiger partial charge in [-0.25, -0.2) is 4.68 Å². The average Bonchev–Trinajstić information content (AvgIpc) is 3.01. The zero-order chi connectivity index (χ0) is 20.3. The maximum Gasteiger partial charge on any atom is 0.328 e. The second-order valence-corrected chi connectivity index (χ2v) is 7.13. The highest BCUT2D eigenvalue weighted by molar-refractivity contribution is 9.10. The van der Waals surface area contributed by atoms with Crippen molar-refractivity contribution in [1.29, 1.82) is 0 Å². The van der Waals surface area contributed by atoms with Gasteiger partial charge in [0, 0.05) is 16.4 Å². The van der Waals surface area contributed by atoms with Gasteiger partial charge in [0.2, 0.25) is 0 Å². The van der Waals surface area contributed by atoms with E-state index < -0.39 is 17.7 Å². The summed E-state index contributed by atoms with van der Waals surface area (Å²) in [6.45, 7) is 2.02. The van der Waals surface area contributed by atoms with Gasteiger partial charge in [0.15, 0.2) is 0 Å². The van der Waals surface area contributed by atoms with Crippen LogP contribution in [-0.2, 0) is 9.59 Å². The highest BCUT2D eigenvalue weighted by Gasteiger charge is 2.21. The molecule has 3 amide bonds. The first-order valence-electron chi connectivity index (χ1n) is 8.36. The second-order valence-electron chi connectivity index (χ2n) is 5.80. The maximum absolute atomic E-state index is 12.9. The molecule has 0 unspecified atom stereocenters. The third-order valence-electron chi connectivity index (χ3n) is 3.88. The quantitative estimate of drug-likeness (QED) is 0.517. The Bertz CT molecular complexity index is 1080. The zero-order valence-corrected chi connectivity index (χ0v) is 17.1. The van der Waals surface area contributed by atoms with Crippen LogP contribution < -0.4 is 16.1 Å². The number of amides is 3. The molecule has 0 aliphatic carbocycles. The van der Waals surface area contributed by atoms with Crippen molar-refractivity contribution in [3.05, 3.63) is 63.7 Å². The fourth-order valence-corrected chi connectivity index (χ4v) is 3.18. The van der Waals surface area contributed by atoms with Gasteiger partial charge >= 0.3 is 11.8 Å². The molecule has 1 aromatic heterocycles. The molecule has 0 aliphatic heterocycles. The molecule has 0 bridgehead atoms. The minimum absolute atomic E-state index is 0.144. The Balaban J connectivity index is 2.00. The van der Waals surface area contributed by atoms with Gasteiger partial charge in [-0.05, 0) is 43.3 Å². The summed E-state index contributed by atoms with van der Waals surface area (Å²) in [5, 5.41) is 6.22. The summed E-state index contributed by atoms with van der Waals surface area (Å²) in [5.74, 6) is -2.16. The Morgan fingerprint density at radius 1 is 1.07 bits per heavy atom. The minimum Gasteiger partial charge on any atom is -0.348 e. The lowest BCUT2D eigenvalue weighted by Gasteiger charge is -2.13. The normalized spacial score (nSPS) is 10.5. The summed E-state index contributed by atoms with van der Waals surface area (Å²) in [7, 11) is 0. The molecule has 3 rings (SSSR count). The maximum atomic E-state index is 12.9. The first kappa shape index (κ1) is 19.9. The molecule has 0 atom stereocenters. The van der Waals surface area contributed by atoms with Crippen molar-refractivity contribution in [1.82, 2.24) is 9.99 Å². The Morgan fingerprint density at radius 2 is 1.82 bits per heavy atom. The van der Waals surface area contributed by atoms with Crippen LogP contribution in [0.1, 0.15) is 17.4 Å². The third kappa shape index (κ3) is 4.18. The number of anilines is 1. The summed E-state index contributed by atoms with van der Waals surface area (Å²) < 4.78 is 2.09. The summed E-state index contributed by atoms with van der Waals surface area (Å²) in [5.41, 5.74) is 3.61. The highest BCUT2D eigenvalue weighted by atomic mass is 79.9. The molecule has 3 aromatic rings. The number of nitrogens with one attached hydrogen (secondary N) is 3. The Hall–Kier alpha value is -2.84. The SMILES string of the molecule is CCNC(=O)C(=O)Nn1c(C(=O)Nc2ccccc2Cl)cc2cc(Br)ccc21. The predicted molar refractivity (Wildman–Crippen MR) is 112 cm³/mol. The first-order chi connectivity index (χ1) is 13.4. The van der Waals surface area contributed by atoms with Crippen LogP contribution >= 0.6 is 27.5 Å². The van der Waals surface area contributed by atoms with Crippen molar-refractivity contribution in [2.75, 3.05) is 17.3 Å². The van der Waals surface area contributed by atoms with Crippen LogP contribution in [0.2, 0.25) is 5.02 Å². The van der Waals surface area contributed by atoms with Crippen LogP contribution in [0.25, 0.3) is 10.9 Å². The van der Waals surface area contributed by atoms with Crippen molar-refractivity contribution in [2.24, 2.45) is 0 Å². The Kier molecular flexibility index (Phi) is 6.01. The standard InChI is InChI=1S/C19H16BrClN4O3/c1-2-22-18(27)19(28)24-25-15-8-7-12(20)9-11(15)10-16(25)17(26)23-14-6-4-3-5-13(14)21/h3-10H,2H2,1H3,(H,22,27)(H,23,26)(H,24,28). The molecule has 1 heterocycles. The molecule has 9 heteroatoms. The molecule has 144 valence electrons. The number of hydrogen-bond donors (Lipinski definition) is 3. The summed E-state index contributed by atoms with van der Waals surface area (Å²) >= 11 is 9.49. The number of carbonyl (C=O) groups is 3. The lowest BCUT2D eigenvalue weighted by molar-refractivity contribution is -0.136. The second kappa shape index (κ2) is 8.45. The lowest BCUT2D eigenvalue weighted by Crippen LogP contribution is -2.39. The molecule has 28 heavy (non-hydrogen) atoms. The van der Waals surface area contributed by atoms with Crippen LogP contribution in [0.5, 0.6) is 0 Å². The molecule has 0 radical (unpaired) electrons. The van der Waals surface area contributed by atoms with E-state index in [4.69, 9.17) is 11.6 Å². The molecular formula is C19H16BrClN4O3. The van der Waals surface area contributed by atoms with E-state index in [1.807, 2.05) is 0 Å².